The van der Waals surface area contributed by atoms with Crippen LogP contribution in [0.5, 0.6) is 0 Å². The minimum absolute atomic E-state index is 0.00635. The largest absolute Gasteiger partial charge is 0.478 e. The van der Waals surface area contributed by atoms with Crippen LogP contribution in [-0.4, -0.2) is 36.9 Å². The number of carbonyl (C=O) groups is 1. The summed E-state index contributed by atoms with van der Waals surface area (Å²) >= 11 is 0. The van der Waals surface area contributed by atoms with Crippen LogP contribution in [-0.2, 0) is 10.0 Å². The van der Waals surface area contributed by atoms with E-state index in [4.69, 9.17) is 5.11 Å². The molecule has 0 radical (unpaired) electrons. The molecule has 6 heteroatoms. The number of hydrogen-bond donors (Lipinski definition) is 1. The zero-order valence-corrected chi connectivity index (χ0v) is 13.1. The molecule has 1 N–H and O–H groups in total. The lowest BCUT2D eigenvalue weighted by molar-refractivity contribution is 0.0696. The summed E-state index contributed by atoms with van der Waals surface area (Å²) in [6, 6.07) is 5.55. The minimum atomic E-state index is -3.60. The van der Waals surface area contributed by atoms with E-state index in [2.05, 4.69) is 13.8 Å². The molecular weight excluding hydrogens is 290 g/mol. The molecular formula is C15H21NO4S. The van der Waals surface area contributed by atoms with E-state index >= 15 is 0 Å². The SMILES string of the molecule is CC(C)C1CCN(S(=O)(=O)c2cccc(C(=O)O)c2)CC1. The third-order valence-corrected chi connectivity index (χ3v) is 6.05. The highest BCUT2D eigenvalue weighted by Gasteiger charge is 2.30. The Morgan fingerprint density at radius 2 is 1.90 bits per heavy atom. The Morgan fingerprint density at radius 1 is 1.29 bits per heavy atom. The van der Waals surface area contributed by atoms with Crippen LogP contribution in [0.4, 0.5) is 0 Å². The van der Waals surface area contributed by atoms with Gasteiger partial charge >= 0.3 is 5.97 Å². The molecule has 1 aliphatic rings. The van der Waals surface area contributed by atoms with Gasteiger partial charge in [-0.1, -0.05) is 19.9 Å². The van der Waals surface area contributed by atoms with E-state index in [1.54, 1.807) is 0 Å². The van der Waals surface area contributed by atoms with Crippen molar-refractivity contribution in [1.29, 1.82) is 0 Å². The number of aromatic carboxylic acids is 1. The van der Waals surface area contributed by atoms with Crippen LogP contribution >= 0.6 is 0 Å². The van der Waals surface area contributed by atoms with Crippen molar-refractivity contribution in [1.82, 2.24) is 4.31 Å². The summed E-state index contributed by atoms with van der Waals surface area (Å²) in [5.74, 6) is -0.00226. The normalized spacial score (nSPS) is 18.0. The van der Waals surface area contributed by atoms with Gasteiger partial charge < -0.3 is 5.11 Å². The van der Waals surface area contributed by atoms with Crippen LogP contribution in [0.1, 0.15) is 37.0 Å². The van der Waals surface area contributed by atoms with Gasteiger partial charge in [0.05, 0.1) is 10.5 Å². The topological polar surface area (TPSA) is 74.7 Å². The van der Waals surface area contributed by atoms with Crippen molar-refractivity contribution >= 4 is 16.0 Å². The predicted octanol–water partition coefficient (Wildman–Crippen LogP) is 2.44. The smallest absolute Gasteiger partial charge is 0.335 e. The highest BCUT2D eigenvalue weighted by Crippen LogP contribution is 2.28. The maximum atomic E-state index is 12.6. The Morgan fingerprint density at radius 3 is 2.43 bits per heavy atom. The number of piperidine rings is 1. The van der Waals surface area contributed by atoms with E-state index in [1.807, 2.05) is 0 Å². The lowest BCUT2D eigenvalue weighted by Gasteiger charge is -2.33. The standard InChI is InChI=1S/C15H21NO4S/c1-11(2)12-6-8-16(9-7-12)21(19,20)14-5-3-4-13(10-14)15(17)18/h3-5,10-12H,6-9H2,1-2H3,(H,17,18). The van der Waals surface area contributed by atoms with Gasteiger partial charge in [-0.05, 0) is 42.9 Å². The first-order valence-corrected chi connectivity index (χ1v) is 8.60. The van der Waals surface area contributed by atoms with Crippen molar-refractivity contribution in [3.8, 4) is 0 Å². The van der Waals surface area contributed by atoms with Crippen LogP contribution in [0, 0.1) is 11.8 Å². The Labute approximate surface area is 125 Å². The van der Waals surface area contributed by atoms with E-state index in [9.17, 15) is 13.2 Å². The summed E-state index contributed by atoms with van der Waals surface area (Å²) in [5, 5.41) is 8.97. The van der Waals surface area contributed by atoms with Gasteiger partial charge in [0, 0.05) is 13.1 Å². The number of rotatable bonds is 4. The van der Waals surface area contributed by atoms with E-state index in [1.165, 1.54) is 28.6 Å². The van der Waals surface area contributed by atoms with Gasteiger partial charge in [0.25, 0.3) is 0 Å². The molecule has 5 nitrogen and oxygen atoms in total. The van der Waals surface area contributed by atoms with Gasteiger partial charge in [0.2, 0.25) is 10.0 Å². The molecule has 2 rings (SSSR count). The lowest BCUT2D eigenvalue weighted by atomic mass is 9.87. The van der Waals surface area contributed by atoms with Crippen LogP contribution in [0.2, 0.25) is 0 Å². The number of sulfonamides is 1. The molecule has 116 valence electrons. The van der Waals surface area contributed by atoms with Crippen molar-refractivity contribution in [2.24, 2.45) is 11.8 Å². The summed E-state index contributed by atoms with van der Waals surface area (Å²) in [6.07, 6.45) is 1.71. The second-order valence-electron chi connectivity index (χ2n) is 5.82. The first-order valence-electron chi connectivity index (χ1n) is 7.16. The van der Waals surface area contributed by atoms with Gasteiger partial charge in [0.15, 0.2) is 0 Å². The number of carboxylic acids is 1. The predicted molar refractivity (Wildman–Crippen MR) is 79.7 cm³/mol. The van der Waals surface area contributed by atoms with Crippen molar-refractivity contribution < 1.29 is 18.3 Å². The number of benzene rings is 1. The zero-order valence-electron chi connectivity index (χ0n) is 12.3. The van der Waals surface area contributed by atoms with Crippen molar-refractivity contribution in [3.63, 3.8) is 0 Å². The fourth-order valence-corrected chi connectivity index (χ4v) is 4.24. The average Bonchev–Trinajstić information content (AvgIpc) is 2.47. The third kappa shape index (κ3) is 3.44. The fraction of sp³-hybridized carbons (Fsp3) is 0.533. The monoisotopic (exact) mass is 311 g/mol. The van der Waals surface area contributed by atoms with Crippen molar-refractivity contribution in [3.05, 3.63) is 29.8 Å². The molecule has 0 bridgehead atoms. The molecule has 1 aliphatic heterocycles. The van der Waals surface area contributed by atoms with Gasteiger partial charge in [0.1, 0.15) is 0 Å². The highest BCUT2D eigenvalue weighted by atomic mass is 32.2. The fourth-order valence-electron chi connectivity index (χ4n) is 2.72. The molecule has 0 atom stereocenters. The van der Waals surface area contributed by atoms with Crippen LogP contribution < -0.4 is 0 Å². The van der Waals surface area contributed by atoms with Crippen LogP contribution in [0.15, 0.2) is 29.2 Å². The van der Waals surface area contributed by atoms with Crippen molar-refractivity contribution in [2.45, 2.75) is 31.6 Å². The second-order valence-corrected chi connectivity index (χ2v) is 7.76. The molecule has 0 aromatic heterocycles. The summed E-state index contributed by atoms with van der Waals surface area (Å²) in [6.45, 7) is 5.32. The minimum Gasteiger partial charge on any atom is -0.478 e. The Kier molecular flexibility index (Phi) is 4.68. The molecule has 1 heterocycles. The summed E-state index contributed by atoms with van der Waals surface area (Å²) in [4.78, 5) is 11.0. The van der Waals surface area contributed by atoms with Gasteiger partial charge in [-0.3, -0.25) is 0 Å². The maximum Gasteiger partial charge on any atom is 0.335 e. The molecule has 0 aliphatic carbocycles. The first kappa shape index (κ1) is 16.0. The molecule has 0 spiro atoms. The first-order chi connectivity index (χ1) is 9.82. The van der Waals surface area contributed by atoms with E-state index in [0.29, 0.717) is 24.9 Å². The molecule has 1 fully saturated rings. The quantitative estimate of drug-likeness (QED) is 0.926. The van der Waals surface area contributed by atoms with E-state index < -0.39 is 16.0 Å². The lowest BCUT2D eigenvalue weighted by Crippen LogP contribution is -2.39. The molecule has 1 aromatic rings. The summed E-state index contributed by atoms with van der Waals surface area (Å²) in [5.41, 5.74) is -0.00635. The molecule has 0 amide bonds. The molecule has 21 heavy (non-hydrogen) atoms. The summed E-state index contributed by atoms with van der Waals surface area (Å²) < 4.78 is 26.6. The van der Waals surface area contributed by atoms with E-state index in [0.717, 1.165) is 12.8 Å². The maximum absolute atomic E-state index is 12.6. The third-order valence-electron chi connectivity index (χ3n) is 4.16. The summed E-state index contributed by atoms with van der Waals surface area (Å²) in [7, 11) is -3.60. The van der Waals surface area contributed by atoms with Crippen LogP contribution in [0.3, 0.4) is 0 Å². The number of carboxylic acid groups (broad SMARTS) is 1. The molecule has 0 unspecified atom stereocenters. The van der Waals surface area contributed by atoms with Crippen LogP contribution in [0.25, 0.3) is 0 Å². The van der Waals surface area contributed by atoms with Gasteiger partial charge in [-0.15, -0.1) is 0 Å². The average molecular weight is 311 g/mol. The Bertz CT molecular complexity index is 616. The van der Waals surface area contributed by atoms with Crippen molar-refractivity contribution in [2.75, 3.05) is 13.1 Å². The van der Waals surface area contributed by atoms with Gasteiger partial charge in [-0.25, -0.2) is 13.2 Å². The van der Waals surface area contributed by atoms with E-state index in [-0.39, 0.29) is 10.5 Å². The molecule has 0 saturated carbocycles. The zero-order chi connectivity index (χ0) is 15.6. The number of nitrogens with zero attached hydrogens (tertiary/aromatic N) is 1. The molecule has 1 saturated heterocycles. The molecule has 1 aromatic carbocycles. The number of hydrogen-bond acceptors (Lipinski definition) is 3. The highest BCUT2D eigenvalue weighted by molar-refractivity contribution is 7.89. The second kappa shape index (κ2) is 6.15. The Hall–Kier alpha value is -1.40. The Balaban J connectivity index is 2.19. The van der Waals surface area contributed by atoms with Gasteiger partial charge in [-0.2, -0.15) is 4.31 Å².